The van der Waals surface area contributed by atoms with Crippen molar-refractivity contribution in [3.05, 3.63) is 65.5 Å². The van der Waals surface area contributed by atoms with Crippen molar-refractivity contribution in [3.8, 4) is 5.75 Å². The molecule has 2 aromatic rings. The van der Waals surface area contributed by atoms with Crippen LogP contribution in [0.5, 0.6) is 5.75 Å². The van der Waals surface area contributed by atoms with Gasteiger partial charge in [0.2, 0.25) is 0 Å². The van der Waals surface area contributed by atoms with Crippen LogP contribution in [0, 0.1) is 5.82 Å². The van der Waals surface area contributed by atoms with Crippen molar-refractivity contribution >= 4 is 17.9 Å². The Kier molecular flexibility index (Phi) is 6.87. The van der Waals surface area contributed by atoms with Crippen molar-refractivity contribution in [1.29, 1.82) is 0 Å². The van der Waals surface area contributed by atoms with E-state index in [2.05, 4.69) is 5.32 Å². The van der Waals surface area contributed by atoms with E-state index in [9.17, 15) is 18.8 Å². The van der Waals surface area contributed by atoms with Crippen molar-refractivity contribution in [2.45, 2.75) is 19.6 Å². The summed E-state index contributed by atoms with van der Waals surface area (Å²) in [6, 6.07) is 11.4. The Morgan fingerprint density at radius 2 is 1.81 bits per heavy atom. The van der Waals surface area contributed by atoms with Crippen LogP contribution < -0.4 is 15.4 Å². The summed E-state index contributed by atoms with van der Waals surface area (Å²) in [6.45, 7) is 1.55. The Morgan fingerprint density at radius 3 is 2.48 bits per heavy atom. The Morgan fingerprint density at radius 1 is 1.11 bits per heavy atom. The number of ether oxygens (including phenoxy) is 2. The molecule has 1 atom stereocenters. The molecule has 0 spiro atoms. The molecule has 0 aliphatic carbocycles. The minimum absolute atomic E-state index is 0.186. The quantitative estimate of drug-likeness (QED) is 0.758. The summed E-state index contributed by atoms with van der Waals surface area (Å²) in [5, 5.41) is 4.25. The molecule has 0 aromatic heterocycles. The molecular weight excluding hydrogens is 355 g/mol. The molecule has 27 heavy (non-hydrogen) atoms. The highest BCUT2D eigenvalue weighted by molar-refractivity contribution is 5.98. The fourth-order valence-corrected chi connectivity index (χ4v) is 2.02. The van der Waals surface area contributed by atoms with Gasteiger partial charge in [-0.25, -0.2) is 14.0 Å². The highest BCUT2D eigenvalue weighted by atomic mass is 19.1. The Bertz CT molecular complexity index is 823. The van der Waals surface area contributed by atoms with E-state index in [1.165, 1.54) is 38.2 Å². The van der Waals surface area contributed by atoms with Crippen LogP contribution in [0.25, 0.3) is 0 Å². The molecular formula is C19H19FN2O5. The molecule has 0 heterocycles. The largest absolute Gasteiger partial charge is 0.489 e. The van der Waals surface area contributed by atoms with E-state index in [1.54, 1.807) is 24.3 Å². The Balaban J connectivity index is 1.95. The van der Waals surface area contributed by atoms with E-state index in [4.69, 9.17) is 9.47 Å². The predicted molar refractivity (Wildman–Crippen MR) is 94.6 cm³/mol. The predicted octanol–water partition coefficient (Wildman–Crippen LogP) is 2.41. The monoisotopic (exact) mass is 374 g/mol. The maximum atomic E-state index is 12.9. The second kappa shape index (κ2) is 9.33. The molecule has 0 aliphatic heterocycles. The number of carbonyl (C=O) groups is 3. The van der Waals surface area contributed by atoms with Gasteiger partial charge in [0.15, 0.2) is 6.10 Å². The van der Waals surface area contributed by atoms with Gasteiger partial charge >= 0.3 is 12.0 Å². The summed E-state index contributed by atoms with van der Waals surface area (Å²) in [5.74, 6) is -1.40. The first-order chi connectivity index (χ1) is 12.9. The maximum Gasteiger partial charge on any atom is 0.339 e. The van der Waals surface area contributed by atoms with E-state index in [0.717, 1.165) is 5.56 Å². The molecule has 3 amide bonds. The normalized spacial score (nSPS) is 11.2. The summed E-state index contributed by atoms with van der Waals surface area (Å²) in [4.78, 5) is 35.0. The van der Waals surface area contributed by atoms with Crippen LogP contribution in [0.1, 0.15) is 22.8 Å². The summed E-state index contributed by atoms with van der Waals surface area (Å²) in [7, 11) is 1.36. The van der Waals surface area contributed by atoms with E-state index >= 15 is 0 Å². The van der Waals surface area contributed by atoms with E-state index in [-0.39, 0.29) is 18.0 Å². The molecule has 7 nitrogen and oxygen atoms in total. The second-order valence-electron chi connectivity index (χ2n) is 5.56. The summed E-state index contributed by atoms with van der Waals surface area (Å²) >= 11 is 0. The molecule has 142 valence electrons. The van der Waals surface area contributed by atoms with Gasteiger partial charge in [-0.3, -0.25) is 10.1 Å². The number of urea groups is 1. The zero-order valence-corrected chi connectivity index (χ0v) is 14.8. The van der Waals surface area contributed by atoms with Crippen LogP contribution in [-0.4, -0.2) is 31.1 Å². The van der Waals surface area contributed by atoms with Gasteiger partial charge in [-0.2, -0.15) is 0 Å². The first-order valence-electron chi connectivity index (χ1n) is 8.10. The molecule has 0 fully saturated rings. The molecule has 0 radical (unpaired) electrons. The minimum Gasteiger partial charge on any atom is -0.489 e. The van der Waals surface area contributed by atoms with E-state index in [1.807, 2.05) is 5.32 Å². The lowest BCUT2D eigenvalue weighted by molar-refractivity contribution is -0.127. The zero-order chi connectivity index (χ0) is 19.8. The minimum atomic E-state index is -1.15. The Hall–Kier alpha value is -3.42. The molecule has 1 unspecified atom stereocenters. The number of imide groups is 1. The maximum absolute atomic E-state index is 12.9. The van der Waals surface area contributed by atoms with Crippen molar-refractivity contribution in [2.24, 2.45) is 0 Å². The molecule has 0 bridgehead atoms. The van der Waals surface area contributed by atoms with Gasteiger partial charge < -0.3 is 14.8 Å². The number of nitrogens with one attached hydrogen (secondary N) is 2. The standard InChI is InChI=1S/C19H19FN2O5/c1-12(17(23)22-19(25)21-2)27-18(24)14-4-3-5-16(10-14)26-11-13-6-8-15(20)9-7-13/h3-10,12H,11H2,1-2H3,(H2,21,22,23,25). The average Bonchev–Trinajstić information content (AvgIpc) is 2.67. The van der Waals surface area contributed by atoms with Gasteiger partial charge in [0.25, 0.3) is 5.91 Å². The Labute approximate surface area is 155 Å². The molecule has 2 rings (SSSR count). The highest BCUT2D eigenvalue weighted by Gasteiger charge is 2.20. The molecule has 0 saturated heterocycles. The summed E-state index contributed by atoms with van der Waals surface area (Å²) in [6.07, 6.45) is -1.15. The fraction of sp³-hybridized carbons (Fsp3) is 0.211. The van der Waals surface area contributed by atoms with Gasteiger partial charge in [-0.15, -0.1) is 0 Å². The van der Waals surface area contributed by atoms with Gasteiger partial charge in [-0.1, -0.05) is 18.2 Å². The number of carbonyl (C=O) groups excluding carboxylic acids is 3. The van der Waals surface area contributed by atoms with Gasteiger partial charge in [0.05, 0.1) is 5.56 Å². The summed E-state index contributed by atoms with van der Waals surface area (Å²) in [5.41, 5.74) is 0.954. The lowest BCUT2D eigenvalue weighted by Crippen LogP contribution is -2.43. The third kappa shape index (κ3) is 6.10. The number of hydrogen-bond donors (Lipinski definition) is 2. The molecule has 2 N–H and O–H groups in total. The molecule has 0 saturated carbocycles. The van der Waals surface area contributed by atoms with Crippen LogP contribution in [0.15, 0.2) is 48.5 Å². The third-order valence-electron chi connectivity index (χ3n) is 3.51. The van der Waals surface area contributed by atoms with Gasteiger partial charge in [0.1, 0.15) is 18.2 Å². The lowest BCUT2D eigenvalue weighted by atomic mass is 10.2. The van der Waals surface area contributed by atoms with Crippen molar-refractivity contribution in [2.75, 3.05) is 7.05 Å². The van der Waals surface area contributed by atoms with Crippen molar-refractivity contribution < 1.29 is 28.2 Å². The second-order valence-corrected chi connectivity index (χ2v) is 5.56. The van der Waals surface area contributed by atoms with Crippen LogP contribution in [0.2, 0.25) is 0 Å². The average molecular weight is 374 g/mol. The fourth-order valence-electron chi connectivity index (χ4n) is 2.02. The number of hydrogen-bond acceptors (Lipinski definition) is 5. The van der Waals surface area contributed by atoms with E-state index < -0.39 is 24.0 Å². The lowest BCUT2D eigenvalue weighted by Gasteiger charge is -2.13. The van der Waals surface area contributed by atoms with Crippen LogP contribution in [-0.2, 0) is 16.1 Å². The van der Waals surface area contributed by atoms with Crippen molar-refractivity contribution in [1.82, 2.24) is 10.6 Å². The topological polar surface area (TPSA) is 93.7 Å². The zero-order valence-electron chi connectivity index (χ0n) is 14.8. The molecule has 8 heteroatoms. The van der Waals surface area contributed by atoms with Crippen molar-refractivity contribution in [3.63, 3.8) is 0 Å². The van der Waals surface area contributed by atoms with E-state index in [0.29, 0.717) is 5.75 Å². The number of halogens is 1. The SMILES string of the molecule is CNC(=O)NC(=O)C(C)OC(=O)c1cccc(OCc2ccc(F)cc2)c1. The number of rotatable bonds is 6. The third-order valence-corrected chi connectivity index (χ3v) is 3.51. The van der Waals surface area contributed by atoms with Gasteiger partial charge in [0, 0.05) is 7.05 Å². The summed E-state index contributed by atoms with van der Waals surface area (Å²) < 4.78 is 23.5. The number of benzene rings is 2. The first kappa shape index (κ1) is 19.9. The molecule has 0 aliphatic rings. The molecule has 2 aromatic carbocycles. The van der Waals surface area contributed by atoms with Crippen LogP contribution >= 0.6 is 0 Å². The highest BCUT2D eigenvalue weighted by Crippen LogP contribution is 2.17. The van der Waals surface area contributed by atoms with Crippen LogP contribution in [0.4, 0.5) is 9.18 Å². The van der Waals surface area contributed by atoms with Crippen LogP contribution in [0.3, 0.4) is 0 Å². The first-order valence-corrected chi connectivity index (χ1v) is 8.10. The number of amides is 3. The van der Waals surface area contributed by atoms with Gasteiger partial charge in [-0.05, 0) is 42.8 Å². The number of esters is 1. The smallest absolute Gasteiger partial charge is 0.339 e.